The van der Waals surface area contributed by atoms with Crippen molar-refractivity contribution in [3.8, 4) is 0 Å². The number of hydrogen-bond donors (Lipinski definition) is 1. The summed E-state index contributed by atoms with van der Waals surface area (Å²) in [6.07, 6.45) is 9.64. The molecule has 50 heavy (non-hydrogen) atoms. The zero-order chi connectivity index (χ0) is 36.0. The van der Waals surface area contributed by atoms with Crippen molar-refractivity contribution in [1.29, 1.82) is 0 Å². The third-order valence-electron chi connectivity index (χ3n) is 15.9. The number of nitrogens with zero attached hydrogens (tertiary/aromatic N) is 1. The molecule has 2 aromatic rings. The number of esters is 2. The summed E-state index contributed by atoms with van der Waals surface area (Å²) in [6, 6.07) is 9.97. The minimum absolute atomic E-state index is 0.0353. The van der Waals surface area contributed by atoms with Crippen LogP contribution >= 0.6 is 0 Å². The van der Waals surface area contributed by atoms with Crippen molar-refractivity contribution < 1.29 is 23.9 Å². The first kappa shape index (κ1) is 35.2. The van der Waals surface area contributed by atoms with Crippen LogP contribution < -0.4 is 5.32 Å². The maximum Gasteiger partial charge on any atom is 0.303 e. The van der Waals surface area contributed by atoms with Gasteiger partial charge in [-0.15, -0.1) is 0 Å². The second-order valence-corrected chi connectivity index (χ2v) is 18.4. The van der Waals surface area contributed by atoms with Gasteiger partial charge in [0.1, 0.15) is 12.2 Å². The number of ether oxygens (including phenoxy) is 2. The molecule has 5 aliphatic carbocycles. The van der Waals surface area contributed by atoms with Crippen LogP contribution in [0.2, 0.25) is 0 Å². The molecule has 0 unspecified atom stereocenters. The second kappa shape index (κ2) is 11.9. The van der Waals surface area contributed by atoms with E-state index in [1.807, 2.05) is 30.3 Å². The summed E-state index contributed by atoms with van der Waals surface area (Å²) in [5.41, 5.74) is 2.12. The van der Waals surface area contributed by atoms with Crippen molar-refractivity contribution in [2.24, 2.45) is 56.7 Å². The molecule has 1 aromatic heterocycles. The maximum absolute atomic E-state index is 14.8. The first-order valence-corrected chi connectivity index (χ1v) is 19.1. The van der Waals surface area contributed by atoms with E-state index < -0.39 is 17.6 Å². The molecule has 5 saturated carbocycles. The summed E-state index contributed by atoms with van der Waals surface area (Å²) < 4.78 is 12.0. The fourth-order valence-corrected chi connectivity index (χ4v) is 13.8. The molecule has 0 spiro atoms. The molecule has 1 aromatic carbocycles. The number of hydrogen-bond acceptors (Lipinski definition) is 6. The average Bonchev–Trinajstić information content (AvgIpc) is 3.44. The molecular weight excluding hydrogens is 624 g/mol. The number of aromatic nitrogens is 1. The highest BCUT2D eigenvalue weighted by molar-refractivity contribution is 6.03. The molecule has 1 amide bonds. The smallest absolute Gasteiger partial charge is 0.303 e. The van der Waals surface area contributed by atoms with Crippen LogP contribution in [0.3, 0.4) is 0 Å². The molecule has 0 aliphatic heterocycles. The molecule has 1 heterocycles. The quantitative estimate of drug-likeness (QED) is 0.250. The first-order chi connectivity index (χ1) is 23.5. The summed E-state index contributed by atoms with van der Waals surface area (Å²) in [5, 5.41) is 4.43. The highest BCUT2D eigenvalue weighted by Crippen LogP contribution is 2.77. The molecule has 7 nitrogen and oxygen atoms in total. The number of carbonyl (C=O) groups is 3. The third kappa shape index (κ3) is 4.94. The van der Waals surface area contributed by atoms with Gasteiger partial charge in [0.25, 0.3) is 0 Å². The highest BCUT2D eigenvalue weighted by atomic mass is 16.6. The number of carbonyl (C=O) groups excluding carboxylic acids is 3. The second-order valence-electron chi connectivity index (χ2n) is 18.4. The van der Waals surface area contributed by atoms with E-state index in [0.717, 1.165) is 68.0 Å². The van der Waals surface area contributed by atoms with Crippen LogP contribution in [0.15, 0.2) is 48.7 Å². The van der Waals surface area contributed by atoms with Gasteiger partial charge in [-0.25, -0.2) is 0 Å². The molecule has 270 valence electrons. The van der Waals surface area contributed by atoms with E-state index in [9.17, 15) is 14.4 Å². The van der Waals surface area contributed by atoms with Crippen molar-refractivity contribution in [1.82, 2.24) is 4.98 Å². The predicted octanol–water partition coefficient (Wildman–Crippen LogP) is 9.30. The van der Waals surface area contributed by atoms with Gasteiger partial charge in [-0.1, -0.05) is 52.8 Å². The summed E-state index contributed by atoms with van der Waals surface area (Å²) in [7, 11) is 0. The lowest BCUT2D eigenvalue weighted by atomic mass is 9.32. The summed E-state index contributed by atoms with van der Waals surface area (Å²) >= 11 is 0. The Hall–Kier alpha value is -3.22. The van der Waals surface area contributed by atoms with E-state index in [1.165, 1.54) is 19.4 Å². The predicted molar refractivity (Wildman–Crippen MR) is 196 cm³/mol. The molecule has 0 radical (unpaired) electrons. The van der Waals surface area contributed by atoms with E-state index in [-0.39, 0.29) is 45.4 Å². The first-order valence-electron chi connectivity index (χ1n) is 19.1. The van der Waals surface area contributed by atoms with Gasteiger partial charge < -0.3 is 14.8 Å². The Balaban J connectivity index is 1.25. The molecule has 7 rings (SSSR count). The number of allylic oxidation sites excluding steroid dienone is 1. The summed E-state index contributed by atoms with van der Waals surface area (Å²) in [6.45, 7) is 21.7. The summed E-state index contributed by atoms with van der Waals surface area (Å²) in [5.74, 6) is 1.21. The van der Waals surface area contributed by atoms with Crippen LogP contribution in [0.25, 0.3) is 10.9 Å². The van der Waals surface area contributed by atoms with Crippen molar-refractivity contribution in [3.63, 3.8) is 0 Å². The van der Waals surface area contributed by atoms with Gasteiger partial charge in [-0.3, -0.25) is 19.4 Å². The van der Waals surface area contributed by atoms with Crippen LogP contribution in [0.5, 0.6) is 0 Å². The van der Waals surface area contributed by atoms with Gasteiger partial charge in [-0.05, 0) is 135 Å². The number of nitrogens with one attached hydrogen (secondary N) is 1. The van der Waals surface area contributed by atoms with Gasteiger partial charge in [-0.2, -0.15) is 0 Å². The minimum Gasteiger partial charge on any atom is -0.459 e. The number of benzene rings is 1. The van der Waals surface area contributed by atoms with Gasteiger partial charge in [0.05, 0.1) is 16.6 Å². The number of fused-ring (bicyclic) bond motifs is 8. The Morgan fingerprint density at radius 1 is 0.820 bits per heavy atom. The Morgan fingerprint density at radius 2 is 1.56 bits per heavy atom. The van der Waals surface area contributed by atoms with E-state index in [2.05, 4.69) is 58.4 Å². The molecule has 11 atom stereocenters. The number of anilines is 1. The van der Waals surface area contributed by atoms with E-state index in [1.54, 1.807) is 6.20 Å². The molecular formula is C43H58N2O5. The van der Waals surface area contributed by atoms with Crippen molar-refractivity contribution >= 4 is 34.4 Å². The van der Waals surface area contributed by atoms with Crippen molar-refractivity contribution in [2.75, 3.05) is 5.32 Å². The number of rotatable bonds is 5. The third-order valence-corrected chi connectivity index (χ3v) is 15.9. The van der Waals surface area contributed by atoms with Gasteiger partial charge >= 0.3 is 11.9 Å². The van der Waals surface area contributed by atoms with E-state index in [4.69, 9.17) is 9.47 Å². The summed E-state index contributed by atoms with van der Waals surface area (Å²) in [4.78, 5) is 44.2. The lowest BCUT2D eigenvalue weighted by Crippen LogP contribution is -2.69. The van der Waals surface area contributed by atoms with Crippen LogP contribution in [0.1, 0.15) is 113 Å². The molecule has 5 aliphatic rings. The molecule has 0 bridgehead atoms. The van der Waals surface area contributed by atoms with Crippen LogP contribution in [-0.4, -0.2) is 35.0 Å². The standard InChI is InChI=1S/C43H58N2O5/c1-25(2)28-17-20-43(38(48)45-32-14-10-13-31-29(32)12-11-23-44-31)22-21-41(8)30(36(28)43)15-16-35-40(7)24-33(49-26(3)46)37(50-27(4)47)39(5,6)34(40)18-19-42(35,41)9/h10-14,23,28,30,33-37H,1,15-22,24H2,2-9H3,(H,45,48)/t28-,30+,33-,34-,35+,36+,37-,40-,41+,42+,43-/m0/s1. The fraction of sp³-hybridized carbons (Fsp3) is 0.674. The molecule has 1 N–H and O–H groups in total. The molecule has 5 fully saturated rings. The Bertz CT molecular complexity index is 1730. The largest absolute Gasteiger partial charge is 0.459 e. The Kier molecular flexibility index (Phi) is 8.39. The van der Waals surface area contributed by atoms with Crippen molar-refractivity contribution in [3.05, 3.63) is 48.7 Å². The topological polar surface area (TPSA) is 94.6 Å². The van der Waals surface area contributed by atoms with Crippen LogP contribution in [-0.2, 0) is 23.9 Å². The molecule has 7 heteroatoms. The number of pyridine rings is 1. The maximum atomic E-state index is 14.8. The normalized spacial score (nSPS) is 41.5. The van der Waals surface area contributed by atoms with E-state index >= 15 is 0 Å². The van der Waals surface area contributed by atoms with Crippen LogP contribution in [0.4, 0.5) is 5.69 Å². The lowest BCUT2D eigenvalue weighted by molar-refractivity contribution is -0.267. The number of amides is 1. The van der Waals surface area contributed by atoms with Gasteiger partial charge in [0.15, 0.2) is 0 Å². The highest BCUT2D eigenvalue weighted by Gasteiger charge is 2.73. The lowest BCUT2D eigenvalue weighted by Gasteiger charge is -2.73. The van der Waals surface area contributed by atoms with Crippen LogP contribution in [0, 0.1) is 56.7 Å². The van der Waals surface area contributed by atoms with Gasteiger partial charge in [0, 0.05) is 30.8 Å². The van der Waals surface area contributed by atoms with Crippen molar-refractivity contribution in [2.45, 2.75) is 125 Å². The Labute approximate surface area is 298 Å². The van der Waals surface area contributed by atoms with E-state index in [0.29, 0.717) is 30.1 Å². The molecule has 0 saturated heterocycles. The average molecular weight is 683 g/mol. The van der Waals surface area contributed by atoms with Gasteiger partial charge in [0.2, 0.25) is 5.91 Å². The monoisotopic (exact) mass is 682 g/mol. The zero-order valence-corrected chi connectivity index (χ0v) is 31.6. The Morgan fingerprint density at radius 3 is 2.26 bits per heavy atom. The SMILES string of the molecule is C=C(C)[C@@H]1CC[C@]2(C(=O)Nc3cccc4ncccc34)CC[C@]3(C)[C@H](CC[C@@H]4[C@@]5(C)C[C@H](OC(C)=O)[C@H](OC(C)=O)C(C)(C)[C@@H]5CC[C@]43C)[C@@H]12. The fourth-order valence-electron chi connectivity index (χ4n) is 13.8. The minimum atomic E-state index is -0.477. The zero-order valence-electron chi connectivity index (χ0n) is 31.6.